The lowest BCUT2D eigenvalue weighted by Crippen LogP contribution is -2.48. The zero-order chi connectivity index (χ0) is 19.6. The number of hydrogen-bond donors (Lipinski definition) is 1. The zero-order valence-electron chi connectivity index (χ0n) is 16.7. The van der Waals surface area contributed by atoms with Gasteiger partial charge in [0.25, 0.3) is 5.91 Å². The lowest BCUT2D eigenvalue weighted by molar-refractivity contribution is -0.137. The predicted octanol–water partition coefficient (Wildman–Crippen LogP) is 3.01. The number of amides is 2. The number of carbonyl (C=O) groups excluding carboxylic acids is 2. The van der Waals surface area contributed by atoms with E-state index >= 15 is 0 Å². The van der Waals surface area contributed by atoms with Gasteiger partial charge in [0.15, 0.2) is 18.1 Å². The molecule has 1 aromatic rings. The Morgan fingerprint density at radius 2 is 1.67 bits per heavy atom. The second kappa shape index (κ2) is 10.8. The third kappa shape index (κ3) is 6.15. The Bertz CT molecular complexity index is 608. The summed E-state index contributed by atoms with van der Waals surface area (Å²) in [5, 5.41) is 3.01. The minimum absolute atomic E-state index is 0.0447. The molecule has 0 atom stereocenters. The third-order valence-corrected chi connectivity index (χ3v) is 5.01. The van der Waals surface area contributed by atoms with E-state index in [0.29, 0.717) is 31.2 Å². The average molecular weight is 376 g/mol. The van der Waals surface area contributed by atoms with Crippen LogP contribution in [0.25, 0.3) is 0 Å². The van der Waals surface area contributed by atoms with Crippen LogP contribution in [0.3, 0.4) is 0 Å². The summed E-state index contributed by atoms with van der Waals surface area (Å²) in [5.41, 5.74) is 0. The molecule has 1 aliphatic heterocycles. The Morgan fingerprint density at radius 1 is 1.07 bits per heavy atom. The molecule has 0 aliphatic carbocycles. The minimum atomic E-state index is -0.147. The number of likely N-dealkylation sites (tertiary alicyclic amines) is 1. The summed E-state index contributed by atoms with van der Waals surface area (Å²) >= 11 is 0. The maximum absolute atomic E-state index is 12.4. The van der Waals surface area contributed by atoms with Crippen molar-refractivity contribution >= 4 is 11.8 Å². The summed E-state index contributed by atoms with van der Waals surface area (Å²) in [5.74, 6) is 1.43. The van der Waals surface area contributed by atoms with Crippen molar-refractivity contribution in [3.8, 4) is 11.5 Å². The van der Waals surface area contributed by atoms with Gasteiger partial charge in [-0.25, -0.2) is 0 Å². The first-order chi connectivity index (χ1) is 13.1. The van der Waals surface area contributed by atoms with Gasteiger partial charge in [0.1, 0.15) is 0 Å². The molecule has 1 N–H and O–H groups in total. The Labute approximate surface area is 162 Å². The van der Waals surface area contributed by atoms with E-state index < -0.39 is 0 Å². The number of para-hydroxylation sites is 2. The number of carbonyl (C=O) groups is 2. The maximum Gasteiger partial charge on any atom is 0.258 e. The SMILES string of the molecule is CCOc1ccccc1OCC(=O)NC1CCN(C(=O)C(CC)CC)CC1. The predicted molar refractivity (Wildman–Crippen MR) is 105 cm³/mol. The highest BCUT2D eigenvalue weighted by atomic mass is 16.5. The van der Waals surface area contributed by atoms with E-state index in [2.05, 4.69) is 19.2 Å². The van der Waals surface area contributed by atoms with Crippen LogP contribution < -0.4 is 14.8 Å². The van der Waals surface area contributed by atoms with Crippen molar-refractivity contribution in [1.29, 1.82) is 0 Å². The average Bonchev–Trinajstić information content (AvgIpc) is 2.69. The fourth-order valence-electron chi connectivity index (χ4n) is 3.40. The lowest BCUT2D eigenvalue weighted by atomic mass is 9.98. The number of ether oxygens (including phenoxy) is 2. The van der Waals surface area contributed by atoms with Gasteiger partial charge in [-0.2, -0.15) is 0 Å². The monoisotopic (exact) mass is 376 g/mol. The van der Waals surface area contributed by atoms with E-state index in [-0.39, 0.29) is 30.4 Å². The lowest BCUT2D eigenvalue weighted by Gasteiger charge is -2.34. The molecule has 1 fully saturated rings. The summed E-state index contributed by atoms with van der Waals surface area (Å²) in [6, 6.07) is 7.43. The van der Waals surface area contributed by atoms with Crippen LogP contribution in [0.5, 0.6) is 11.5 Å². The number of rotatable bonds is 9. The van der Waals surface area contributed by atoms with Crippen LogP contribution in [-0.2, 0) is 9.59 Å². The fourth-order valence-corrected chi connectivity index (χ4v) is 3.40. The van der Waals surface area contributed by atoms with Crippen LogP contribution >= 0.6 is 0 Å². The summed E-state index contributed by atoms with van der Waals surface area (Å²) in [7, 11) is 0. The molecule has 0 bridgehead atoms. The van der Waals surface area contributed by atoms with Crippen molar-refractivity contribution in [2.75, 3.05) is 26.3 Å². The van der Waals surface area contributed by atoms with Gasteiger partial charge in [0.05, 0.1) is 6.61 Å². The highest BCUT2D eigenvalue weighted by Gasteiger charge is 2.27. The third-order valence-electron chi connectivity index (χ3n) is 5.01. The molecule has 0 saturated carbocycles. The number of hydrogen-bond acceptors (Lipinski definition) is 4. The van der Waals surface area contributed by atoms with Gasteiger partial charge in [0, 0.05) is 25.0 Å². The van der Waals surface area contributed by atoms with E-state index in [1.54, 1.807) is 6.07 Å². The molecule has 1 heterocycles. The molecule has 6 heteroatoms. The standard InChI is InChI=1S/C21H32N2O4/c1-4-16(5-2)21(25)23-13-11-17(12-14-23)22-20(24)15-27-19-10-8-7-9-18(19)26-6-3/h7-10,16-17H,4-6,11-15H2,1-3H3,(H,22,24). The first-order valence-electron chi connectivity index (χ1n) is 10.0. The van der Waals surface area contributed by atoms with E-state index in [4.69, 9.17) is 9.47 Å². The summed E-state index contributed by atoms with van der Waals surface area (Å²) < 4.78 is 11.1. The van der Waals surface area contributed by atoms with Gasteiger partial charge < -0.3 is 19.7 Å². The van der Waals surface area contributed by atoms with E-state index in [0.717, 1.165) is 25.7 Å². The van der Waals surface area contributed by atoms with Gasteiger partial charge in [-0.05, 0) is 44.7 Å². The fraction of sp³-hybridized carbons (Fsp3) is 0.619. The summed E-state index contributed by atoms with van der Waals surface area (Å²) in [6.07, 6.45) is 3.33. The second-order valence-corrected chi connectivity index (χ2v) is 6.85. The van der Waals surface area contributed by atoms with Gasteiger partial charge >= 0.3 is 0 Å². The number of piperidine rings is 1. The molecule has 2 amide bonds. The summed E-state index contributed by atoms with van der Waals surface area (Å²) in [4.78, 5) is 26.6. The van der Waals surface area contributed by atoms with Crippen LogP contribution in [0, 0.1) is 5.92 Å². The Kier molecular flexibility index (Phi) is 8.43. The molecule has 6 nitrogen and oxygen atoms in total. The molecule has 0 radical (unpaired) electrons. The highest BCUT2D eigenvalue weighted by molar-refractivity contribution is 5.79. The number of nitrogens with one attached hydrogen (secondary N) is 1. The number of nitrogens with zero attached hydrogens (tertiary/aromatic N) is 1. The van der Waals surface area contributed by atoms with Crippen molar-refractivity contribution < 1.29 is 19.1 Å². The Hall–Kier alpha value is -2.24. The van der Waals surface area contributed by atoms with Crippen molar-refractivity contribution in [3.05, 3.63) is 24.3 Å². The molecule has 27 heavy (non-hydrogen) atoms. The first-order valence-corrected chi connectivity index (χ1v) is 10.0. The van der Waals surface area contributed by atoms with Crippen LogP contribution in [0.15, 0.2) is 24.3 Å². The van der Waals surface area contributed by atoms with Crippen molar-refractivity contribution in [2.45, 2.75) is 52.5 Å². The minimum Gasteiger partial charge on any atom is -0.490 e. The van der Waals surface area contributed by atoms with Crippen LogP contribution in [0.2, 0.25) is 0 Å². The molecule has 0 aromatic heterocycles. The Morgan fingerprint density at radius 3 is 2.22 bits per heavy atom. The topological polar surface area (TPSA) is 67.9 Å². The molecular weight excluding hydrogens is 344 g/mol. The highest BCUT2D eigenvalue weighted by Crippen LogP contribution is 2.26. The molecule has 1 saturated heterocycles. The normalized spacial score (nSPS) is 14.9. The Balaban J connectivity index is 1.76. The van der Waals surface area contributed by atoms with Crippen molar-refractivity contribution in [3.63, 3.8) is 0 Å². The molecule has 1 aliphatic rings. The smallest absolute Gasteiger partial charge is 0.258 e. The van der Waals surface area contributed by atoms with E-state index in [9.17, 15) is 9.59 Å². The van der Waals surface area contributed by atoms with Gasteiger partial charge in [0.2, 0.25) is 5.91 Å². The maximum atomic E-state index is 12.4. The first kappa shape index (κ1) is 21.1. The van der Waals surface area contributed by atoms with Gasteiger partial charge in [-0.15, -0.1) is 0 Å². The largest absolute Gasteiger partial charge is 0.490 e. The van der Waals surface area contributed by atoms with Crippen molar-refractivity contribution in [2.24, 2.45) is 5.92 Å². The van der Waals surface area contributed by atoms with Crippen LogP contribution in [0.1, 0.15) is 46.5 Å². The molecule has 150 valence electrons. The zero-order valence-corrected chi connectivity index (χ0v) is 16.7. The molecular formula is C21H32N2O4. The van der Waals surface area contributed by atoms with E-state index in [1.165, 1.54) is 0 Å². The van der Waals surface area contributed by atoms with Gasteiger partial charge in [-0.1, -0.05) is 26.0 Å². The second-order valence-electron chi connectivity index (χ2n) is 6.85. The molecule has 1 aromatic carbocycles. The quantitative estimate of drug-likeness (QED) is 0.719. The van der Waals surface area contributed by atoms with Crippen molar-refractivity contribution in [1.82, 2.24) is 10.2 Å². The number of benzene rings is 1. The summed E-state index contributed by atoms with van der Waals surface area (Å²) in [6.45, 7) is 7.93. The van der Waals surface area contributed by atoms with E-state index in [1.807, 2.05) is 30.0 Å². The van der Waals surface area contributed by atoms with Crippen LogP contribution in [0.4, 0.5) is 0 Å². The molecule has 0 unspecified atom stereocenters. The van der Waals surface area contributed by atoms with Crippen LogP contribution in [-0.4, -0.2) is 49.1 Å². The van der Waals surface area contributed by atoms with Gasteiger partial charge in [-0.3, -0.25) is 9.59 Å². The molecule has 2 rings (SSSR count). The molecule has 0 spiro atoms.